The highest BCUT2D eigenvalue weighted by Crippen LogP contribution is 2.24. The van der Waals surface area contributed by atoms with Gasteiger partial charge in [-0.05, 0) is 59.0 Å². The van der Waals surface area contributed by atoms with E-state index in [0.29, 0.717) is 17.4 Å². The fraction of sp³-hybridized carbons (Fsp3) is 0.353. The molecule has 3 rings (SSSR count). The lowest BCUT2D eigenvalue weighted by atomic mass is 9.99. The molecule has 0 unspecified atom stereocenters. The molecule has 1 fully saturated rings. The molecule has 1 aliphatic heterocycles. The van der Waals surface area contributed by atoms with Crippen molar-refractivity contribution in [2.45, 2.75) is 19.8 Å². The van der Waals surface area contributed by atoms with Gasteiger partial charge in [0.1, 0.15) is 0 Å². The number of nitrogens with zero attached hydrogens (tertiary/aromatic N) is 3. The summed E-state index contributed by atoms with van der Waals surface area (Å²) in [5, 5.41) is 11.4. The van der Waals surface area contributed by atoms with Crippen LogP contribution in [0.5, 0.6) is 0 Å². The predicted molar refractivity (Wildman–Crippen MR) is 93.8 cm³/mol. The van der Waals surface area contributed by atoms with Gasteiger partial charge in [-0.2, -0.15) is 0 Å². The molecule has 0 spiro atoms. The lowest BCUT2D eigenvalue weighted by molar-refractivity contribution is 0.0690. The monoisotopic (exact) mass is 374 g/mol. The van der Waals surface area contributed by atoms with Gasteiger partial charge in [-0.1, -0.05) is 19.1 Å². The van der Waals surface area contributed by atoms with Crippen LogP contribution < -0.4 is 5.32 Å². The number of aromatic nitrogens is 2. The maximum atomic E-state index is 12.4. The highest BCUT2D eigenvalue weighted by atomic mass is 79.9. The molecule has 1 aromatic heterocycles. The van der Waals surface area contributed by atoms with Crippen molar-refractivity contribution in [3.63, 3.8) is 0 Å². The normalized spacial score (nSPS) is 15.5. The van der Waals surface area contributed by atoms with Gasteiger partial charge in [-0.25, -0.2) is 0 Å². The third-order valence-electron chi connectivity index (χ3n) is 4.09. The molecule has 5 nitrogen and oxygen atoms in total. The summed E-state index contributed by atoms with van der Waals surface area (Å²) in [6, 6.07) is 11.3. The van der Waals surface area contributed by atoms with Crippen LogP contribution in [-0.2, 0) is 0 Å². The molecule has 0 saturated carbocycles. The second kappa shape index (κ2) is 7.08. The Balaban J connectivity index is 1.67. The lowest BCUT2D eigenvalue weighted by Crippen LogP contribution is -2.38. The molecular formula is C17H19BrN4O. The van der Waals surface area contributed by atoms with Gasteiger partial charge in [0.05, 0.1) is 5.69 Å². The molecule has 2 heterocycles. The summed E-state index contributed by atoms with van der Waals surface area (Å²) in [6.45, 7) is 3.83. The number of amides is 1. The molecule has 1 N–H and O–H groups in total. The van der Waals surface area contributed by atoms with Crippen LogP contribution >= 0.6 is 15.9 Å². The Morgan fingerprint density at radius 1 is 1.17 bits per heavy atom. The van der Waals surface area contributed by atoms with Crippen LogP contribution in [0.25, 0.3) is 0 Å². The minimum atomic E-state index is -0.0307. The van der Waals surface area contributed by atoms with Gasteiger partial charge >= 0.3 is 0 Å². The van der Waals surface area contributed by atoms with Crippen LogP contribution in [-0.4, -0.2) is 34.1 Å². The standard InChI is InChI=1S/C17H19BrN4O/c1-12-8-10-22(11-9-12)17(23)15-6-7-16(21-20-15)19-14-5-3-2-4-13(14)18/h2-7,12H,8-11H2,1H3,(H,19,21). The molecule has 0 atom stereocenters. The number of hydrogen-bond donors (Lipinski definition) is 1. The molecule has 6 heteroatoms. The van der Waals surface area contributed by atoms with Crippen molar-refractivity contribution in [1.82, 2.24) is 15.1 Å². The van der Waals surface area contributed by atoms with Crippen molar-refractivity contribution in [3.05, 3.63) is 46.6 Å². The van der Waals surface area contributed by atoms with Gasteiger partial charge in [0, 0.05) is 17.6 Å². The predicted octanol–water partition coefficient (Wildman–Crippen LogP) is 3.85. The highest BCUT2D eigenvalue weighted by molar-refractivity contribution is 9.10. The average molecular weight is 375 g/mol. The minimum absolute atomic E-state index is 0.0307. The van der Waals surface area contributed by atoms with Gasteiger partial charge < -0.3 is 10.2 Å². The van der Waals surface area contributed by atoms with Crippen LogP contribution in [0.2, 0.25) is 0 Å². The molecule has 1 saturated heterocycles. The summed E-state index contributed by atoms with van der Waals surface area (Å²) in [5.74, 6) is 1.28. The maximum absolute atomic E-state index is 12.4. The Bertz CT molecular complexity index is 681. The molecule has 2 aromatic rings. The van der Waals surface area contributed by atoms with Crippen molar-refractivity contribution in [2.24, 2.45) is 5.92 Å². The van der Waals surface area contributed by atoms with Crippen molar-refractivity contribution in [1.29, 1.82) is 0 Å². The molecule has 0 bridgehead atoms. The van der Waals surface area contributed by atoms with Crippen LogP contribution in [0.4, 0.5) is 11.5 Å². The first-order chi connectivity index (χ1) is 11.1. The largest absolute Gasteiger partial charge is 0.338 e. The number of nitrogens with one attached hydrogen (secondary N) is 1. The third-order valence-corrected chi connectivity index (χ3v) is 4.78. The van der Waals surface area contributed by atoms with Crippen molar-refractivity contribution in [2.75, 3.05) is 18.4 Å². The van der Waals surface area contributed by atoms with Gasteiger partial charge in [-0.15, -0.1) is 10.2 Å². The van der Waals surface area contributed by atoms with Gasteiger partial charge in [0.2, 0.25) is 0 Å². The summed E-state index contributed by atoms with van der Waals surface area (Å²) in [4.78, 5) is 14.3. The Morgan fingerprint density at radius 3 is 2.57 bits per heavy atom. The van der Waals surface area contributed by atoms with E-state index in [0.717, 1.165) is 36.1 Å². The van der Waals surface area contributed by atoms with Gasteiger partial charge in [-0.3, -0.25) is 4.79 Å². The molecule has 1 amide bonds. The van der Waals surface area contributed by atoms with E-state index in [1.54, 1.807) is 12.1 Å². The summed E-state index contributed by atoms with van der Waals surface area (Å²) < 4.78 is 0.949. The van der Waals surface area contributed by atoms with E-state index < -0.39 is 0 Å². The number of para-hydroxylation sites is 1. The number of hydrogen-bond acceptors (Lipinski definition) is 4. The third kappa shape index (κ3) is 3.88. The number of halogens is 1. The summed E-state index contributed by atoms with van der Waals surface area (Å²) in [6.07, 6.45) is 2.11. The first-order valence-corrected chi connectivity index (χ1v) is 8.57. The Labute approximate surface area is 144 Å². The van der Waals surface area contributed by atoms with E-state index in [9.17, 15) is 4.79 Å². The molecular weight excluding hydrogens is 356 g/mol. The number of benzene rings is 1. The summed E-state index contributed by atoms with van der Waals surface area (Å²) in [7, 11) is 0. The second-order valence-electron chi connectivity index (χ2n) is 5.88. The van der Waals surface area contributed by atoms with Gasteiger partial charge in [0.25, 0.3) is 5.91 Å². The number of carbonyl (C=O) groups is 1. The number of carbonyl (C=O) groups excluding carboxylic acids is 1. The molecule has 0 radical (unpaired) electrons. The van der Waals surface area contributed by atoms with Crippen LogP contribution in [0.1, 0.15) is 30.3 Å². The SMILES string of the molecule is CC1CCN(C(=O)c2ccc(Nc3ccccc3Br)nn2)CC1. The van der Waals surface area contributed by atoms with Crippen LogP contribution in [0, 0.1) is 5.92 Å². The number of piperidine rings is 1. The van der Waals surface area contributed by atoms with Crippen molar-refractivity contribution < 1.29 is 4.79 Å². The van der Waals surface area contributed by atoms with E-state index in [4.69, 9.17) is 0 Å². The Kier molecular flexibility index (Phi) is 4.91. The fourth-order valence-electron chi connectivity index (χ4n) is 2.59. The zero-order chi connectivity index (χ0) is 16.2. The summed E-state index contributed by atoms with van der Waals surface area (Å²) >= 11 is 3.48. The van der Waals surface area contributed by atoms with Crippen molar-refractivity contribution >= 4 is 33.3 Å². The zero-order valence-corrected chi connectivity index (χ0v) is 14.6. The Morgan fingerprint density at radius 2 is 1.91 bits per heavy atom. The van der Waals surface area contributed by atoms with Crippen molar-refractivity contribution in [3.8, 4) is 0 Å². The number of rotatable bonds is 3. The van der Waals surface area contributed by atoms with Gasteiger partial charge in [0.15, 0.2) is 11.5 Å². The van der Waals surface area contributed by atoms with E-state index in [1.807, 2.05) is 29.2 Å². The number of anilines is 2. The molecule has 120 valence electrons. The lowest BCUT2D eigenvalue weighted by Gasteiger charge is -2.29. The first-order valence-electron chi connectivity index (χ1n) is 7.78. The topological polar surface area (TPSA) is 58.1 Å². The summed E-state index contributed by atoms with van der Waals surface area (Å²) in [5.41, 5.74) is 1.31. The Hall–Kier alpha value is -1.95. The molecule has 0 aliphatic carbocycles. The minimum Gasteiger partial charge on any atom is -0.338 e. The molecule has 1 aliphatic rings. The van der Waals surface area contributed by atoms with E-state index >= 15 is 0 Å². The average Bonchev–Trinajstić information content (AvgIpc) is 2.58. The highest BCUT2D eigenvalue weighted by Gasteiger charge is 2.22. The molecule has 1 aromatic carbocycles. The maximum Gasteiger partial charge on any atom is 0.274 e. The van der Waals surface area contributed by atoms with Crippen LogP contribution in [0.15, 0.2) is 40.9 Å². The number of likely N-dealkylation sites (tertiary alicyclic amines) is 1. The molecule has 23 heavy (non-hydrogen) atoms. The van der Waals surface area contributed by atoms with E-state index in [1.165, 1.54) is 0 Å². The quantitative estimate of drug-likeness (QED) is 0.885. The smallest absolute Gasteiger partial charge is 0.274 e. The second-order valence-corrected chi connectivity index (χ2v) is 6.74. The first kappa shape index (κ1) is 15.9. The van der Waals surface area contributed by atoms with E-state index in [-0.39, 0.29) is 5.91 Å². The fourth-order valence-corrected chi connectivity index (χ4v) is 2.97. The van der Waals surface area contributed by atoms with E-state index in [2.05, 4.69) is 38.4 Å². The zero-order valence-electron chi connectivity index (χ0n) is 13.0. The van der Waals surface area contributed by atoms with Crippen LogP contribution in [0.3, 0.4) is 0 Å².